The lowest BCUT2D eigenvalue weighted by molar-refractivity contribution is -0.131. The Hall–Kier alpha value is -2.60. The molecule has 2 aromatic carbocycles. The molecule has 0 saturated carbocycles. The summed E-state index contributed by atoms with van der Waals surface area (Å²) in [6, 6.07) is 14.4. The normalized spacial score (nSPS) is 14.6. The quantitative estimate of drug-likeness (QED) is 0.614. The molecule has 5 nitrogen and oxygen atoms in total. The van der Waals surface area contributed by atoms with Crippen molar-refractivity contribution in [3.8, 4) is 11.5 Å². The summed E-state index contributed by atoms with van der Waals surface area (Å²) in [4.78, 5) is 14.8. The number of aromatic nitrogens is 2. The first-order valence-electron chi connectivity index (χ1n) is 9.44. The molecular formula is C22H23N3O2S. The monoisotopic (exact) mass is 393 g/mol. The summed E-state index contributed by atoms with van der Waals surface area (Å²) in [7, 11) is 0. The molecule has 144 valence electrons. The third kappa shape index (κ3) is 3.83. The molecule has 0 unspecified atom stereocenters. The van der Waals surface area contributed by atoms with Crippen molar-refractivity contribution in [2.75, 3.05) is 6.54 Å². The number of thioether (sulfide) groups is 1. The third-order valence-corrected chi connectivity index (χ3v) is 6.15. The Morgan fingerprint density at radius 1 is 1.11 bits per heavy atom. The van der Waals surface area contributed by atoms with Gasteiger partial charge in [-0.05, 0) is 61.6 Å². The fourth-order valence-electron chi connectivity index (χ4n) is 3.39. The SMILES string of the molecule is Cc1ccc(-c2nnc(S[C@H](C)C(=O)N3CCc4ccccc4C3)o2)cc1C. The molecule has 6 heteroatoms. The lowest BCUT2D eigenvalue weighted by Gasteiger charge is -2.30. The van der Waals surface area contributed by atoms with Crippen molar-refractivity contribution in [1.29, 1.82) is 0 Å². The zero-order chi connectivity index (χ0) is 19.7. The van der Waals surface area contributed by atoms with Gasteiger partial charge >= 0.3 is 0 Å². The second-order valence-electron chi connectivity index (χ2n) is 7.21. The lowest BCUT2D eigenvalue weighted by atomic mass is 10.00. The molecule has 28 heavy (non-hydrogen) atoms. The van der Waals surface area contributed by atoms with E-state index in [9.17, 15) is 4.79 Å². The van der Waals surface area contributed by atoms with Gasteiger partial charge in [0.2, 0.25) is 11.8 Å². The number of hydrogen-bond donors (Lipinski definition) is 0. The van der Waals surface area contributed by atoms with E-state index in [1.54, 1.807) is 0 Å². The molecular weight excluding hydrogens is 370 g/mol. The predicted molar refractivity (Wildman–Crippen MR) is 110 cm³/mol. The number of fused-ring (bicyclic) bond motifs is 1. The van der Waals surface area contributed by atoms with E-state index in [4.69, 9.17) is 4.42 Å². The van der Waals surface area contributed by atoms with Gasteiger partial charge in [-0.2, -0.15) is 0 Å². The maximum absolute atomic E-state index is 12.9. The summed E-state index contributed by atoms with van der Waals surface area (Å²) in [6.07, 6.45) is 0.900. The molecule has 0 fully saturated rings. The number of carbonyl (C=O) groups is 1. The van der Waals surface area contributed by atoms with Gasteiger partial charge in [0.15, 0.2) is 0 Å². The number of carbonyl (C=O) groups excluding carboxylic acids is 1. The first kappa shape index (κ1) is 18.7. The zero-order valence-electron chi connectivity index (χ0n) is 16.3. The van der Waals surface area contributed by atoms with E-state index in [2.05, 4.69) is 42.2 Å². The highest BCUT2D eigenvalue weighted by molar-refractivity contribution is 8.00. The van der Waals surface area contributed by atoms with Crippen LogP contribution in [-0.4, -0.2) is 32.8 Å². The van der Waals surface area contributed by atoms with Crippen LogP contribution in [0.4, 0.5) is 0 Å². The molecule has 0 spiro atoms. The van der Waals surface area contributed by atoms with E-state index >= 15 is 0 Å². The van der Waals surface area contributed by atoms with Crippen molar-refractivity contribution in [3.05, 3.63) is 64.7 Å². The van der Waals surface area contributed by atoms with Crippen molar-refractivity contribution in [2.45, 2.75) is 44.2 Å². The van der Waals surface area contributed by atoms with Gasteiger partial charge in [0.05, 0.1) is 5.25 Å². The van der Waals surface area contributed by atoms with Crippen LogP contribution >= 0.6 is 11.8 Å². The Morgan fingerprint density at radius 3 is 2.68 bits per heavy atom. The van der Waals surface area contributed by atoms with E-state index in [0.717, 1.165) is 18.5 Å². The summed E-state index contributed by atoms with van der Waals surface area (Å²) >= 11 is 1.32. The van der Waals surface area contributed by atoms with Crippen LogP contribution in [0.15, 0.2) is 52.1 Å². The Kier molecular flexibility index (Phi) is 5.22. The minimum absolute atomic E-state index is 0.102. The van der Waals surface area contributed by atoms with Crippen LogP contribution in [0.2, 0.25) is 0 Å². The topological polar surface area (TPSA) is 59.2 Å². The lowest BCUT2D eigenvalue weighted by Crippen LogP contribution is -2.40. The highest BCUT2D eigenvalue weighted by atomic mass is 32.2. The maximum Gasteiger partial charge on any atom is 0.277 e. The van der Waals surface area contributed by atoms with Crippen LogP contribution in [0.5, 0.6) is 0 Å². The molecule has 0 bridgehead atoms. The molecule has 1 aliphatic heterocycles. The molecule has 2 heterocycles. The number of aryl methyl sites for hydroxylation is 2. The third-order valence-electron chi connectivity index (χ3n) is 5.23. The molecule has 0 aliphatic carbocycles. The van der Waals surface area contributed by atoms with Crippen molar-refractivity contribution in [2.24, 2.45) is 0 Å². The van der Waals surface area contributed by atoms with Crippen molar-refractivity contribution in [3.63, 3.8) is 0 Å². The summed E-state index contributed by atoms with van der Waals surface area (Å²) in [6.45, 7) is 7.44. The van der Waals surface area contributed by atoms with E-state index in [1.165, 1.54) is 34.0 Å². The highest BCUT2D eigenvalue weighted by Gasteiger charge is 2.26. The summed E-state index contributed by atoms with van der Waals surface area (Å²) in [5.74, 6) is 0.586. The van der Waals surface area contributed by atoms with Crippen LogP contribution in [0, 0.1) is 13.8 Å². The van der Waals surface area contributed by atoms with Crippen LogP contribution in [0.1, 0.15) is 29.2 Å². The Labute approximate surface area is 169 Å². The molecule has 0 radical (unpaired) electrons. The second-order valence-corrected chi connectivity index (χ2v) is 8.50. The van der Waals surface area contributed by atoms with Gasteiger partial charge < -0.3 is 9.32 Å². The van der Waals surface area contributed by atoms with Gasteiger partial charge in [-0.15, -0.1) is 10.2 Å². The summed E-state index contributed by atoms with van der Waals surface area (Å²) < 4.78 is 5.80. The Morgan fingerprint density at radius 2 is 1.89 bits per heavy atom. The van der Waals surface area contributed by atoms with Gasteiger partial charge in [0.25, 0.3) is 5.22 Å². The van der Waals surface area contributed by atoms with Gasteiger partial charge in [-0.25, -0.2) is 0 Å². The summed E-state index contributed by atoms with van der Waals surface area (Å²) in [5, 5.41) is 8.42. The van der Waals surface area contributed by atoms with Crippen molar-refractivity contribution < 1.29 is 9.21 Å². The number of nitrogens with zero attached hydrogens (tertiary/aromatic N) is 3. The van der Waals surface area contributed by atoms with Gasteiger partial charge in [-0.1, -0.05) is 42.1 Å². The zero-order valence-corrected chi connectivity index (χ0v) is 17.1. The number of amides is 1. The maximum atomic E-state index is 12.9. The largest absolute Gasteiger partial charge is 0.411 e. The minimum atomic E-state index is -0.279. The molecule has 1 amide bonds. The number of hydrogen-bond acceptors (Lipinski definition) is 5. The molecule has 1 atom stereocenters. The Balaban J connectivity index is 1.42. The Bertz CT molecular complexity index is 1010. The van der Waals surface area contributed by atoms with E-state index in [-0.39, 0.29) is 11.2 Å². The van der Waals surface area contributed by atoms with E-state index in [0.29, 0.717) is 17.7 Å². The van der Waals surface area contributed by atoms with Crippen molar-refractivity contribution in [1.82, 2.24) is 15.1 Å². The standard InChI is InChI=1S/C22H23N3O2S/c1-14-8-9-18(12-15(14)2)20-23-24-22(27-20)28-16(3)21(26)25-11-10-17-6-4-5-7-19(17)13-25/h4-9,12,16H,10-11,13H2,1-3H3/t16-/m1/s1. The van der Waals surface area contributed by atoms with Crippen LogP contribution < -0.4 is 0 Å². The van der Waals surface area contributed by atoms with Crippen molar-refractivity contribution >= 4 is 17.7 Å². The van der Waals surface area contributed by atoms with Crippen LogP contribution in [0.25, 0.3) is 11.5 Å². The molecule has 0 saturated heterocycles. The smallest absolute Gasteiger partial charge is 0.277 e. The first-order valence-corrected chi connectivity index (χ1v) is 10.3. The molecule has 1 aliphatic rings. The van der Waals surface area contributed by atoms with E-state index in [1.807, 2.05) is 36.1 Å². The molecule has 3 aromatic rings. The second kappa shape index (κ2) is 7.80. The van der Waals surface area contributed by atoms with Gasteiger partial charge in [0, 0.05) is 18.7 Å². The van der Waals surface area contributed by atoms with Gasteiger partial charge in [-0.3, -0.25) is 4.79 Å². The minimum Gasteiger partial charge on any atom is -0.411 e. The average molecular weight is 394 g/mol. The predicted octanol–water partition coefficient (Wildman–Crippen LogP) is 4.42. The fourth-order valence-corrected chi connectivity index (χ4v) is 4.16. The fraction of sp³-hybridized carbons (Fsp3) is 0.318. The molecule has 0 N–H and O–H groups in total. The average Bonchev–Trinajstić information content (AvgIpc) is 3.17. The highest BCUT2D eigenvalue weighted by Crippen LogP contribution is 2.29. The first-order chi connectivity index (χ1) is 13.5. The van der Waals surface area contributed by atoms with Crippen LogP contribution in [0.3, 0.4) is 0 Å². The van der Waals surface area contributed by atoms with E-state index < -0.39 is 0 Å². The van der Waals surface area contributed by atoms with Crippen LogP contribution in [-0.2, 0) is 17.8 Å². The molecule has 1 aromatic heterocycles. The van der Waals surface area contributed by atoms with Gasteiger partial charge in [0.1, 0.15) is 0 Å². The molecule has 4 rings (SSSR count). The number of benzene rings is 2. The summed E-state index contributed by atoms with van der Waals surface area (Å²) in [5.41, 5.74) is 5.86. The number of rotatable bonds is 4.